The molecule has 15 heteroatoms. The van der Waals surface area contributed by atoms with Crippen molar-refractivity contribution in [1.82, 2.24) is 30.9 Å². The Labute approximate surface area is 228 Å². The summed E-state index contributed by atoms with van der Waals surface area (Å²) < 4.78 is 0. The number of aliphatic carboxylic acids is 1. The van der Waals surface area contributed by atoms with E-state index in [1.165, 1.54) is 12.5 Å². The van der Waals surface area contributed by atoms with E-state index in [9.17, 15) is 29.1 Å². The number of aromatic amines is 2. The fraction of sp³-hybridized carbons (Fsp3) is 0.333. The van der Waals surface area contributed by atoms with Gasteiger partial charge in [0, 0.05) is 47.6 Å². The lowest BCUT2D eigenvalue weighted by atomic mass is 10.0. The van der Waals surface area contributed by atoms with Crippen molar-refractivity contribution in [2.24, 2.45) is 11.5 Å². The average Bonchev–Trinajstić information content (AvgIpc) is 3.55. The molecule has 3 aromatic rings. The molecule has 39 heavy (non-hydrogen) atoms. The number of rotatable bonds is 14. The Bertz CT molecular complexity index is 1330. The van der Waals surface area contributed by atoms with Gasteiger partial charge in [0.05, 0.1) is 18.8 Å². The molecule has 0 radical (unpaired) electrons. The summed E-state index contributed by atoms with van der Waals surface area (Å²) in [5.41, 5.74) is 12.7. The molecule has 0 saturated heterocycles. The summed E-state index contributed by atoms with van der Waals surface area (Å²) in [5, 5.41) is 18.0. The number of carbonyl (C=O) groups is 5. The summed E-state index contributed by atoms with van der Waals surface area (Å²) in [6.07, 6.45) is 4.03. The molecule has 0 aliphatic rings. The van der Waals surface area contributed by atoms with Gasteiger partial charge in [-0.2, -0.15) is 12.6 Å². The minimum absolute atomic E-state index is 0.0110. The Morgan fingerprint density at radius 1 is 0.949 bits per heavy atom. The second-order valence-corrected chi connectivity index (χ2v) is 9.19. The number of carbonyl (C=O) groups excluding carboxylic acids is 4. The van der Waals surface area contributed by atoms with Gasteiger partial charge >= 0.3 is 5.97 Å². The van der Waals surface area contributed by atoms with Crippen molar-refractivity contribution in [3.05, 3.63) is 54.2 Å². The van der Waals surface area contributed by atoms with Gasteiger partial charge in [-0.25, -0.2) is 9.78 Å². The topological polar surface area (TPSA) is 238 Å². The lowest BCUT2D eigenvalue weighted by molar-refractivity contribution is -0.142. The second kappa shape index (κ2) is 13.4. The number of carboxylic acid groups (broad SMARTS) is 1. The molecule has 14 nitrogen and oxygen atoms in total. The van der Waals surface area contributed by atoms with Crippen LogP contribution in [0.1, 0.15) is 17.7 Å². The molecule has 0 spiro atoms. The molecule has 1 aromatic carbocycles. The molecule has 0 fully saturated rings. The molecule has 10 N–H and O–H groups in total. The smallest absolute Gasteiger partial charge is 0.326 e. The summed E-state index contributed by atoms with van der Waals surface area (Å²) in [5.74, 6) is -4.54. The van der Waals surface area contributed by atoms with Gasteiger partial charge in [-0.1, -0.05) is 18.2 Å². The van der Waals surface area contributed by atoms with E-state index in [1.54, 1.807) is 6.20 Å². The summed E-state index contributed by atoms with van der Waals surface area (Å²) in [4.78, 5) is 71.4. The molecular formula is C24H30N8O6S. The third-order valence-corrected chi connectivity index (χ3v) is 6.26. The zero-order valence-electron chi connectivity index (χ0n) is 20.7. The number of benzene rings is 1. The van der Waals surface area contributed by atoms with Crippen LogP contribution in [0.15, 0.2) is 43.0 Å². The fourth-order valence-corrected chi connectivity index (χ4v) is 4.13. The van der Waals surface area contributed by atoms with Crippen molar-refractivity contribution in [2.45, 2.75) is 43.4 Å². The molecule has 208 valence electrons. The van der Waals surface area contributed by atoms with Crippen molar-refractivity contribution in [1.29, 1.82) is 0 Å². The number of H-pyrrole nitrogens is 2. The lowest BCUT2D eigenvalue weighted by Gasteiger charge is -2.24. The minimum Gasteiger partial charge on any atom is -0.480 e. The SMILES string of the molecule is NC(=O)CC(N)C(=O)NC(CS)C(=O)NC(Cc1cnc[nH]1)C(=O)NC(Cc1c[nH]c2ccccc12)C(=O)O. The fourth-order valence-electron chi connectivity index (χ4n) is 3.87. The van der Waals surface area contributed by atoms with E-state index in [4.69, 9.17) is 11.5 Å². The number of hydrogen-bond acceptors (Lipinski definition) is 8. The molecule has 0 saturated carbocycles. The lowest BCUT2D eigenvalue weighted by Crippen LogP contribution is -2.58. The summed E-state index contributed by atoms with van der Waals surface area (Å²) in [7, 11) is 0. The van der Waals surface area contributed by atoms with E-state index in [-0.39, 0.29) is 18.6 Å². The molecule has 4 unspecified atom stereocenters. The van der Waals surface area contributed by atoms with E-state index in [0.717, 1.165) is 10.9 Å². The van der Waals surface area contributed by atoms with Crippen LogP contribution in [0.4, 0.5) is 0 Å². The van der Waals surface area contributed by atoms with Crippen LogP contribution in [0.25, 0.3) is 10.9 Å². The molecule has 4 atom stereocenters. The van der Waals surface area contributed by atoms with Gasteiger partial charge in [-0.05, 0) is 11.6 Å². The van der Waals surface area contributed by atoms with Gasteiger partial charge in [-0.15, -0.1) is 0 Å². The zero-order chi connectivity index (χ0) is 28.5. The Balaban J connectivity index is 1.74. The van der Waals surface area contributed by atoms with E-state index in [0.29, 0.717) is 11.3 Å². The first kappa shape index (κ1) is 29.2. The molecular weight excluding hydrogens is 528 g/mol. The van der Waals surface area contributed by atoms with Crippen LogP contribution < -0.4 is 27.4 Å². The van der Waals surface area contributed by atoms with Gasteiger partial charge in [0.2, 0.25) is 23.6 Å². The monoisotopic (exact) mass is 558 g/mol. The van der Waals surface area contributed by atoms with Crippen LogP contribution in [0.2, 0.25) is 0 Å². The first-order valence-electron chi connectivity index (χ1n) is 11.9. The molecule has 3 rings (SSSR count). The quantitative estimate of drug-likeness (QED) is 0.104. The number of aromatic nitrogens is 3. The van der Waals surface area contributed by atoms with Crippen molar-refractivity contribution < 1.29 is 29.1 Å². The van der Waals surface area contributed by atoms with Gasteiger partial charge in [0.1, 0.15) is 18.1 Å². The Hall–Kier alpha value is -4.37. The number of nitrogens with zero attached hydrogens (tertiary/aromatic N) is 1. The summed E-state index contributed by atoms with van der Waals surface area (Å²) >= 11 is 4.09. The van der Waals surface area contributed by atoms with Gasteiger partial charge < -0.3 is 42.5 Å². The van der Waals surface area contributed by atoms with E-state index >= 15 is 0 Å². The summed E-state index contributed by atoms with van der Waals surface area (Å²) in [6.45, 7) is 0. The maximum atomic E-state index is 13.3. The third kappa shape index (κ3) is 8.05. The summed E-state index contributed by atoms with van der Waals surface area (Å²) in [6, 6.07) is 2.33. The highest BCUT2D eigenvalue weighted by atomic mass is 32.1. The molecule has 0 bridgehead atoms. The predicted octanol–water partition coefficient (Wildman–Crippen LogP) is -1.65. The highest BCUT2D eigenvalue weighted by Gasteiger charge is 2.31. The van der Waals surface area contributed by atoms with Crippen LogP contribution in [0.3, 0.4) is 0 Å². The van der Waals surface area contributed by atoms with Crippen molar-refractivity contribution >= 4 is 53.1 Å². The Kier molecular flexibility index (Phi) is 10.1. The van der Waals surface area contributed by atoms with Gasteiger partial charge in [-0.3, -0.25) is 19.2 Å². The first-order chi connectivity index (χ1) is 18.6. The number of imidazole rings is 1. The molecule has 2 heterocycles. The maximum Gasteiger partial charge on any atom is 0.326 e. The van der Waals surface area contributed by atoms with Crippen molar-refractivity contribution in [3.63, 3.8) is 0 Å². The van der Waals surface area contributed by atoms with Crippen molar-refractivity contribution in [2.75, 3.05) is 5.75 Å². The normalized spacial score (nSPS) is 14.1. The Morgan fingerprint density at radius 3 is 2.26 bits per heavy atom. The van der Waals surface area contributed by atoms with E-state index in [2.05, 4.69) is 43.5 Å². The van der Waals surface area contributed by atoms with Gasteiger partial charge in [0.25, 0.3) is 0 Å². The highest BCUT2D eigenvalue weighted by molar-refractivity contribution is 7.80. The number of nitrogens with two attached hydrogens (primary N) is 2. The number of thiol groups is 1. The maximum absolute atomic E-state index is 13.3. The van der Waals surface area contributed by atoms with E-state index in [1.807, 2.05) is 24.3 Å². The van der Waals surface area contributed by atoms with Crippen LogP contribution in [0, 0.1) is 0 Å². The van der Waals surface area contributed by atoms with Crippen LogP contribution in [-0.4, -0.2) is 79.6 Å². The number of amides is 4. The van der Waals surface area contributed by atoms with Crippen molar-refractivity contribution in [3.8, 4) is 0 Å². The minimum atomic E-state index is -1.30. The molecule has 4 amide bonds. The van der Waals surface area contributed by atoms with Gasteiger partial charge in [0.15, 0.2) is 0 Å². The highest BCUT2D eigenvalue weighted by Crippen LogP contribution is 2.19. The second-order valence-electron chi connectivity index (χ2n) is 8.83. The van der Waals surface area contributed by atoms with Crippen LogP contribution in [-0.2, 0) is 36.8 Å². The number of para-hydroxylation sites is 1. The molecule has 2 aromatic heterocycles. The number of hydrogen-bond donors (Lipinski definition) is 9. The predicted molar refractivity (Wildman–Crippen MR) is 143 cm³/mol. The number of primary amides is 1. The molecule has 0 aliphatic heterocycles. The number of nitrogens with one attached hydrogen (secondary N) is 5. The third-order valence-electron chi connectivity index (χ3n) is 5.90. The first-order valence-corrected chi connectivity index (χ1v) is 12.5. The van der Waals surface area contributed by atoms with E-state index < -0.39 is 60.2 Å². The standard InChI is InChI=1S/C24H30N8O6S/c25-15(7-20(26)33)21(34)32-19(10-39)23(36)30-17(6-13-9-27-11-29-13)22(35)31-18(24(37)38)5-12-8-28-16-4-2-1-3-14(12)16/h1-4,8-9,11,15,17-19,28,39H,5-7,10,25H2,(H2,26,33)(H,27,29)(H,30,36)(H,31,35)(H,32,34)(H,37,38). The molecule has 0 aliphatic carbocycles. The van der Waals surface area contributed by atoms with Crippen LogP contribution >= 0.6 is 12.6 Å². The zero-order valence-corrected chi connectivity index (χ0v) is 21.6. The number of fused-ring (bicyclic) bond motifs is 1. The largest absolute Gasteiger partial charge is 0.480 e. The Morgan fingerprint density at radius 2 is 1.62 bits per heavy atom. The van der Waals surface area contributed by atoms with Crippen LogP contribution in [0.5, 0.6) is 0 Å². The average molecular weight is 559 g/mol. The number of carboxylic acids is 1.